The molecule has 1 amide bonds. The molecule has 1 aliphatic carbocycles. The molecule has 1 fully saturated rings. The third-order valence-electron chi connectivity index (χ3n) is 4.11. The van der Waals surface area contributed by atoms with Crippen LogP contribution in [0.2, 0.25) is 0 Å². The molecule has 0 unspecified atom stereocenters. The van der Waals surface area contributed by atoms with Crippen LogP contribution in [0.5, 0.6) is 5.75 Å². The Kier molecular flexibility index (Phi) is 4.60. The van der Waals surface area contributed by atoms with Crippen LogP contribution in [0.3, 0.4) is 0 Å². The molecule has 5 heteroatoms. The molecule has 20 heavy (non-hydrogen) atoms. The Morgan fingerprint density at radius 3 is 2.70 bits per heavy atom. The van der Waals surface area contributed by atoms with Gasteiger partial charge >= 0.3 is 0 Å². The number of aryl methyl sites for hydroxylation is 1. The number of anilines is 1. The summed E-state index contributed by atoms with van der Waals surface area (Å²) in [5, 5.41) is 15.8. The zero-order chi connectivity index (χ0) is 14.6. The number of carbonyl (C=O) groups is 1. The van der Waals surface area contributed by atoms with Gasteiger partial charge in [0.2, 0.25) is 5.91 Å². The molecule has 0 aliphatic heterocycles. The molecule has 1 saturated carbocycles. The quantitative estimate of drug-likeness (QED) is 0.789. The third kappa shape index (κ3) is 3.48. The van der Waals surface area contributed by atoms with E-state index in [1.807, 2.05) is 14.0 Å². The molecule has 0 aromatic carbocycles. The average Bonchev–Trinajstić information content (AvgIpc) is 2.44. The van der Waals surface area contributed by atoms with Crippen molar-refractivity contribution >= 4 is 11.7 Å². The Hall–Kier alpha value is -1.62. The summed E-state index contributed by atoms with van der Waals surface area (Å²) >= 11 is 0. The maximum absolute atomic E-state index is 12.2. The van der Waals surface area contributed by atoms with Crippen molar-refractivity contribution in [3.63, 3.8) is 0 Å². The minimum absolute atomic E-state index is 0.00565. The van der Waals surface area contributed by atoms with E-state index in [4.69, 9.17) is 0 Å². The third-order valence-corrected chi connectivity index (χ3v) is 4.11. The van der Waals surface area contributed by atoms with Gasteiger partial charge in [-0.15, -0.1) is 0 Å². The number of aromatic nitrogens is 1. The van der Waals surface area contributed by atoms with E-state index in [1.54, 1.807) is 12.1 Å². The fourth-order valence-corrected chi connectivity index (χ4v) is 2.87. The van der Waals surface area contributed by atoms with Gasteiger partial charge < -0.3 is 15.7 Å². The second-order valence-electron chi connectivity index (χ2n) is 5.64. The summed E-state index contributed by atoms with van der Waals surface area (Å²) in [7, 11) is 1.92. The standard InChI is InChI=1S/C15H23N3O2/c1-11-6-7-12(19)14(17-11)18-13(20)10-15(16-2)8-4-3-5-9-15/h6-7,16,19H,3-5,8-10H2,1-2H3,(H,17,18,20). The summed E-state index contributed by atoms with van der Waals surface area (Å²) in [6.45, 7) is 1.82. The molecule has 0 saturated heterocycles. The number of carbonyl (C=O) groups excluding carboxylic acids is 1. The molecule has 1 aliphatic rings. The number of amides is 1. The molecule has 0 bridgehead atoms. The fourth-order valence-electron chi connectivity index (χ4n) is 2.87. The van der Waals surface area contributed by atoms with Crippen molar-refractivity contribution in [1.29, 1.82) is 0 Å². The maximum atomic E-state index is 12.2. The SMILES string of the molecule is CNC1(CC(=O)Nc2nc(C)ccc2O)CCCCC1. The lowest BCUT2D eigenvalue weighted by Gasteiger charge is -2.36. The van der Waals surface area contributed by atoms with Gasteiger partial charge in [0.05, 0.1) is 0 Å². The molecule has 0 radical (unpaired) electrons. The van der Waals surface area contributed by atoms with Gasteiger partial charge in [-0.3, -0.25) is 4.79 Å². The summed E-state index contributed by atoms with van der Waals surface area (Å²) in [6.07, 6.45) is 6.00. The average molecular weight is 277 g/mol. The highest BCUT2D eigenvalue weighted by Gasteiger charge is 2.32. The summed E-state index contributed by atoms with van der Waals surface area (Å²) in [4.78, 5) is 16.4. The first kappa shape index (κ1) is 14.8. The van der Waals surface area contributed by atoms with Gasteiger partial charge in [0.25, 0.3) is 0 Å². The minimum Gasteiger partial charge on any atom is -0.504 e. The van der Waals surface area contributed by atoms with Gasteiger partial charge in [0.1, 0.15) is 0 Å². The largest absolute Gasteiger partial charge is 0.504 e. The van der Waals surface area contributed by atoms with Gasteiger partial charge in [0, 0.05) is 17.7 Å². The number of hydrogen-bond acceptors (Lipinski definition) is 4. The van der Waals surface area contributed by atoms with Crippen LogP contribution < -0.4 is 10.6 Å². The number of nitrogens with one attached hydrogen (secondary N) is 2. The first-order chi connectivity index (χ1) is 9.54. The van der Waals surface area contributed by atoms with Crippen molar-refractivity contribution in [2.45, 2.75) is 51.0 Å². The van der Waals surface area contributed by atoms with Crippen molar-refractivity contribution in [2.75, 3.05) is 12.4 Å². The van der Waals surface area contributed by atoms with Gasteiger partial charge in [-0.25, -0.2) is 4.98 Å². The highest BCUT2D eigenvalue weighted by atomic mass is 16.3. The van der Waals surface area contributed by atoms with Crippen LogP contribution in [0.15, 0.2) is 12.1 Å². The topological polar surface area (TPSA) is 74.2 Å². The van der Waals surface area contributed by atoms with Crippen molar-refractivity contribution in [1.82, 2.24) is 10.3 Å². The molecule has 1 aromatic heterocycles. The first-order valence-corrected chi connectivity index (χ1v) is 7.20. The lowest BCUT2D eigenvalue weighted by atomic mass is 9.79. The van der Waals surface area contributed by atoms with Crippen LogP contribution in [-0.2, 0) is 4.79 Å². The molecule has 110 valence electrons. The van der Waals surface area contributed by atoms with Gasteiger partial charge in [-0.2, -0.15) is 0 Å². The van der Waals surface area contributed by atoms with E-state index in [9.17, 15) is 9.90 Å². The fraction of sp³-hybridized carbons (Fsp3) is 0.600. The van der Waals surface area contributed by atoms with Crippen LogP contribution in [0.25, 0.3) is 0 Å². The predicted molar refractivity (Wildman–Crippen MR) is 78.8 cm³/mol. The van der Waals surface area contributed by atoms with Crippen molar-refractivity contribution in [3.8, 4) is 5.75 Å². The number of nitrogens with zero attached hydrogens (tertiary/aromatic N) is 1. The molecule has 0 spiro atoms. The summed E-state index contributed by atoms with van der Waals surface area (Å²) in [5.41, 5.74) is 0.654. The molecule has 5 nitrogen and oxygen atoms in total. The van der Waals surface area contributed by atoms with E-state index in [1.165, 1.54) is 6.42 Å². The monoisotopic (exact) mass is 277 g/mol. The van der Waals surface area contributed by atoms with E-state index in [-0.39, 0.29) is 23.0 Å². The van der Waals surface area contributed by atoms with E-state index in [2.05, 4.69) is 15.6 Å². The maximum Gasteiger partial charge on any atom is 0.227 e. The van der Waals surface area contributed by atoms with E-state index in [0.717, 1.165) is 31.4 Å². The van der Waals surface area contributed by atoms with Crippen LogP contribution in [0, 0.1) is 6.92 Å². The van der Waals surface area contributed by atoms with Crippen LogP contribution in [-0.4, -0.2) is 28.6 Å². The zero-order valence-corrected chi connectivity index (χ0v) is 12.2. The molecule has 3 N–H and O–H groups in total. The predicted octanol–water partition coefficient (Wildman–Crippen LogP) is 2.35. The molecular formula is C15H23N3O2. The summed E-state index contributed by atoms with van der Waals surface area (Å²) < 4.78 is 0. The second-order valence-corrected chi connectivity index (χ2v) is 5.64. The van der Waals surface area contributed by atoms with Gasteiger partial charge in [0.15, 0.2) is 11.6 Å². The van der Waals surface area contributed by atoms with Crippen molar-refractivity contribution in [2.24, 2.45) is 0 Å². The van der Waals surface area contributed by atoms with Gasteiger partial charge in [-0.05, 0) is 38.9 Å². The Balaban J connectivity index is 2.02. The van der Waals surface area contributed by atoms with Crippen LogP contribution in [0.4, 0.5) is 5.82 Å². The normalized spacial score (nSPS) is 17.7. The molecule has 1 heterocycles. The number of pyridine rings is 1. The number of hydrogen-bond donors (Lipinski definition) is 3. The Bertz CT molecular complexity index is 482. The Morgan fingerprint density at radius 2 is 2.05 bits per heavy atom. The van der Waals surface area contributed by atoms with Crippen LogP contribution >= 0.6 is 0 Å². The zero-order valence-electron chi connectivity index (χ0n) is 12.2. The Morgan fingerprint density at radius 1 is 1.35 bits per heavy atom. The van der Waals surface area contributed by atoms with E-state index in [0.29, 0.717) is 6.42 Å². The minimum atomic E-state index is -0.109. The van der Waals surface area contributed by atoms with E-state index < -0.39 is 0 Å². The lowest BCUT2D eigenvalue weighted by Crippen LogP contribution is -2.47. The summed E-state index contributed by atoms with van der Waals surface area (Å²) in [6, 6.07) is 3.26. The Labute approximate surface area is 119 Å². The lowest BCUT2D eigenvalue weighted by molar-refractivity contribution is -0.118. The van der Waals surface area contributed by atoms with Crippen molar-refractivity contribution in [3.05, 3.63) is 17.8 Å². The molecule has 0 atom stereocenters. The number of rotatable bonds is 4. The summed E-state index contributed by atoms with van der Waals surface area (Å²) in [5.74, 6) is 0.151. The smallest absolute Gasteiger partial charge is 0.227 e. The first-order valence-electron chi connectivity index (χ1n) is 7.20. The molecule has 1 aromatic rings. The van der Waals surface area contributed by atoms with E-state index >= 15 is 0 Å². The molecular weight excluding hydrogens is 254 g/mol. The van der Waals surface area contributed by atoms with Crippen molar-refractivity contribution < 1.29 is 9.90 Å². The van der Waals surface area contributed by atoms with Gasteiger partial charge in [-0.1, -0.05) is 19.3 Å². The van der Waals surface area contributed by atoms with Crippen LogP contribution in [0.1, 0.15) is 44.2 Å². The molecule has 2 rings (SSSR count). The number of aromatic hydroxyl groups is 1. The highest BCUT2D eigenvalue weighted by Crippen LogP contribution is 2.31. The second kappa shape index (κ2) is 6.22. The highest BCUT2D eigenvalue weighted by molar-refractivity contribution is 5.91.